The zero-order chi connectivity index (χ0) is 25.4. The van der Waals surface area contributed by atoms with Gasteiger partial charge in [-0.1, -0.05) is 45.0 Å². The molecule has 3 N–H and O–H groups in total. The predicted molar refractivity (Wildman–Crippen MR) is 135 cm³/mol. The molecule has 1 heterocycles. The maximum absolute atomic E-state index is 12.3. The molecule has 35 heavy (non-hydrogen) atoms. The van der Waals surface area contributed by atoms with Gasteiger partial charge < -0.3 is 9.84 Å². The van der Waals surface area contributed by atoms with Crippen molar-refractivity contribution in [3.8, 4) is 17.1 Å². The quantitative estimate of drug-likeness (QED) is 0.171. The van der Waals surface area contributed by atoms with E-state index in [1.54, 1.807) is 24.3 Å². The number of carboxylic acid groups (broad SMARTS) is 1. The number of benzene rings is 2. The third-order valence-corrected chi connectivity index (χ3v) is 6.07. The largest absolute Gasteiger partial charge is 0.481 e. The van der Waals surface area contributed by atoms with Gasteiger partial charge in [0.1, 0.15) is 5.75 Å². The first-order chi connectivity index (χ1) is 16.7. The summed E-state index contributed by atoms with van der Waals surface area (Å²) >= 11 is 1.31. The molecule has 10 heteroatoms. The van der Waals surface area contributed by atoms with Gasteiger partial charge in [0.2, 0.25) is 0 Å². The third kappa shape index (κ3) is 7.16. The Labute approximate surface area is 208 Å². The first-order valence-corrected chi connectivity index (χ1v) is 12.1. The topological polar surface area (TPSA) is 121 Å². The molecule has 1 aromatic heterocycles. The molecule has 0 bridgehead atoms. The molecule has 2 aromatic carbocycles. The zero-order valence-corrected chi connectivity index (χ0v) is 21.1. The molecule has 3 aromatic rings. The fourth-order valence-corrected chi connectivity index (χ4v) is 4.07. The summed E-state index contributed by atoms with van der Waals surface area (Å²) in [5.74, 6) is 0.00587. The number of nitrogens with zero attached hydrogens (tertiary/aromatic N) is 3. The number of carbonyl (C=O) groups is 2. The Morgan fingerprint density at radius 1 is 1.20 bits per heavy atom. The molecule has 0 saturated heterocycles. The van der Waals surface area contributed by atoms with E-state index in [-0.39, 0.29) is 17.1 Å². The van der Waals surface area contributed by atoms with Gasteiger partial charge in [-0.05, 0) is 53.9 Å². The first-order valence-electron chi connectivity index (χ1n) is 11.2. The number of aromatic nitrogens is 3. The molecule has 1 amide bonds. The van der Waals surface area contributed by atoms with Gasteiger partial charge in [-0.2, -0.15) is 5.10 Å². The number of nitrogens with one attached hydrogen (secondary N) is 2. The van der Waals surface area contributed by atoms with E-state index in [1.807, 2.05) is 11.5 Å². The van der Waals surface area contributed by atoms with E-state index in [9.17, 15) is 9.59 Å². The van der Waals surface area contributed by atoms with Crippen LogP contribution in [0.25, 0.3) is 11.4 Å². The average Bonchev–Trinajstić information content (AvgIpc) is 3.24. The highest BCUT2D eigenvalue weighted by molar-refractivity contribution is 7.99. The summed E-state index contributed by atoms with van der Waals surface area (Å²) in [6.07, 6.45) is 1.42. The zero-order valence-electron chi connectivity index (χ0n) is 20.2. The van der Waals surface area contributed by atoms with E-state index in [2.05, 4.69) is 65.8 Å². The van der Waals surface area contributed by atoms with Gasteiger partial charge in [-0.15, -0.1) is 5.10 Å². The van der Waals surface area contributed by atoms with Crippen LogP contribution in [0.5, 0.6) is 5.75 Å². The second-order valence-corrected chi connectivity index (χ2v) is 9.67. The molecule has 3 rings (SSSR count). The molecule has 0 radical (unpaired) electrons. The minimum absolute atomic E-state index is 0.0810. The van der Waals surface area contributed by atoms with E-state index in [0.29, 0.717) is 23.0 Å². The number of ether oxygens (including phenoxy) is 1. The molecule has 0 aliphatic rings. The Morgan fingerprint density at radius 3 is 2.57 bits per heavy atom. The van der Waals surface area contributed by atoms with Crippen molar-refractivity contribution in [3.05, 3.63) is 59.7 Å². The van der Waals surface area contributed by atoms with Crippen molar-refractivity contribution >= 4 is 29.9 Å². The maximum Gasteiger partial charge on any atom is 0.341 e. The highest BCUT2D eigenvalue weighted by atomic mass is 32.2. The van der Waals surface area contributed by atoms with Crippen LogP contribution in [0.2, 0.25) is 0 Å². The second kappa shape index (κ2) is 11.7. The number of hydrazone groups is 1. The van der Waals surface area contributed by atoms with Gasteiger partial charge in [0.15, 0.2) is 6.61 Å². The predicted octanol–water partition coefficient (Wildman–Crippen LogP) is 3.39. The smallest absolute Gasteiger partial charge is 0.341 e. The number of H-pyrrole nitrogens is 1. The highest BCUT2D eigenvalue weighted by Crippen LogP contribution is 2.25. The summed E-state index contributed by atoms with van der Waals surface area (Å²) in [6, 6.07) is 15.2. The number of aliphatic carboxylic acids is 1. The van der Waals surface area contributed by atoms with Gasteiger partial charge in [-0.3, -0.25) is 4.79 Å². The van der Waals surface area contributed by atoms with Gasteiger partial charge in [-0.25, -0.2) is 14.8 Å². The average molecular weight is 497 g/mol. The Hall–Kier alpha value is -3.66. The SMILES string of the molecule is CC[n+]1c(SCC(=O)NN=Cc2ccccc2OCC(=O)O)n[nH]c1-c1ccc(C(C)(C)C)cc1. The minimum atomic E-state index is -1.07. The van der Waals surface area contributed by atoms with Crippen LogP contribution in [-0.2, 0) is 21.5 Å². The number of para-hydroxylation sites is 1. The fourth-order valence-electron chi connectivity index (χ4n) is 3.26. The summed E-state index contributed by atoms with van der Waals surface area (Å²) in [4.78, 5) is 23.0. The standard InChI is InChI=1S/C25H29N5O4S/c1-5-30-23(17-10-12-19(13-11-17)25(2,3)4)28-29-24(30)35-16-21(31)27-26-14-18-8-6-7-9-20(18)34-15-22(32)33/h6-14H,5,15-16H2,1-4H3,(H2,27,31,32,33)/p+1. The van der Waals surface area contributed by atoms with Gasteiger partial charge in [0.05, 0.1) is 29.2 Å². The molecule has 0 spiro atoms. The second-order valence-electron chi connectivity index (χ2n) is 8.73. The lowest BCUT2D eigenvalue weighted by Gasteiger charge is -2.18. The molecular formula is C25H30N5O4S+. The molecule has 9 nitrogen and oxygen atoms in total. The number of aromatic amines is 1. The lowest BCUT2D eigenvalue weighted by atomic mass is 9.87. The van der Waals surface area contributed by atoms with Crippen LogP contribution >= 0.6 is 11.8 Å². The van der Waals surface area contributed by atoms with Crippen molar-refractivity contribution in [1.29, 1.82) is 0 Å². The van der Waals surface area contributed by atoms with Crippen molar-refractivity contribution in [2.75, 3.05) is 12.4 Å². The van der Waals surface area contributed by atoms with Crippen molar-refractivity contribution in [2.24, 2.45) is 5.10 Å². The van der Waals surface area contributed by atoms with Gasteiger partial charge in [0.25, 0.3) is 11.7 Å². The number of hydrogen-bond donors (Lipinski definition) is 3. The normalized spacial score (nSPS) is 11.5. The summed E-state index contributed by atoms with van der Waals surface area (Å²) in [5, 5.41) is 20.9. The third-order valence-electron chi connectivity index (χ3n) is 5.09. The van der Waals surface area contributed by atoms with Crippen LogP contribution in [0.3, 0.4) is 0 Å². The highest BCUT2D eigenvalue weighted by Gasteiger charge is 2.22. The Kier molecular flexibility index (Phi) is 8.64. The van der Waals surface area contributed by atoms with E-state index in [1.165, 1.54) is 23.5 Å². The molecule has 0 saturated carbocycles. The first kappa shape index (κ1) is 26.0. The monoisotopic (exact) mass is 496 g/mol. The lowest BCUT2D eigenvalue weighted by molar-refractivity contribution is -0.719. The number of carbonyl (C=O) groups excluding carboxylic acids is 1. The van der Waals surface area contributed by atoms with Crippen LogP contribution < -0.4 is 14.7 Å². The van der Waals surface area contributed by atoms with E-state index in [4.69, 9.17) is 9.84 Å². The van der Waals surface area contributed by atoms with Crippen LogP contribution in [0.15, 0.2) is 58.8 Å². The van der Waals surface area contributed by atoms with Crippen LogP contribution in [0, 0.1) is 0 Å². The summed E-state index contributed by atoms with van der Waals surface area (Å²) in [5.41, 5.74) is 5.40. The Morgan fingerprint density at radius 2 is 1.91 bits per heavy atom. The summed E-state index contributed by atoms with van der Waals surface area (Å²) in [6.45, 7) is 8.81. The molecule has 0 atom stereocenters. The van der Waals surface area contributed by atoms with Crippen molar-refractivity contribution < 1.29 is 24.0 Å². The molecule has 184 valence electrons. The van der Waals surface area contributed by atoms with Crippen molar-refractivity contribution in [1.82, 2.24) is 15.6 Å². The van der Waals surface area contributed by atoms with Gasteiger partial charge in [0, 0.05) is 5.56 Å². The Bertz CT molecular complexity index is 1200. The van der Waals surface area contributed by atoms with E-state index < -0.39 is 12.6 Å². The van der Waals surface area contributed by atoms with E-state index >= 15 is 0 Å². The number of thioether (sulfide) groups is 1. The molecule has 0 fully saturated rings. The maximum atomic E-state index is 12.3. The van der Waals surface area contributed by atoms with Crippen molar-refractivity contribution in [3.63, 3.8) is 0 Å². The molecular weight excluding hydrogens is 466 g/mol. The number of amides is 1. The van der Waals surface area contributed by atoms with Crippen LogP contribution in [-0.4, -0.2) is 45.8 Å². The number of hydrogen-bond acceptors (Lipinski definition) is 6. The number of carboxylic acids is 1. The van der Waals surface area contributed by atoms with E-state index in [0.717, 1.165) is 11.4 Å². The fraction of sp³-hybridized carbons (Fsp3) is 0.320. The Balaban J connectivity index is 1.60. The van der Waals surface area contributed by atoms with Gasteiger partial charge >= 0.3 is 11.1 Å². The molecule has 0 aliphatic heterocycles. The molecule has 0 aliphatic carbocycles. The minimum Gasteiger partial charge on any atom is -0.481 e. The number of rotatable bonds is 10. The summed E-state index contributed by atoms with van der Waals surface area (Å²) in [7, 11) is 0. The van der Waals surface area contributed by atoms with Crippen LogP contribution in [0.1, 0.15) is 38.8 Å². The molecule has 0 unspecified atom stereocenters. The van der Waals surface area contributed by atoms with Crippen molar-refractivity contribution in [2.45, 2.75) is 44.8 Å². The summed E-state index contributed by atoms with van der Waals surface area (Å²) < 4.78 is 7.26. The lowest BCUT2D eigenvalue weighted by Crippen LogP contribution is -2.36. The van der Waals surface area contributed by atoms with Crippen LogP contribution in [0.4, 0.5) is 0 Å².